The van der Waals surface area contributed by atoms with Gasteiger partial charge in [-0.3, -0.25) is 4.79 Å². The summed E-state index contributed by atoms with van der Waals surface area (Å²) in [5, 5.41) is 9.24. The van der Waals surface area contributed by atoms with Gasteiger partial charge in [-0.05, 0) is 45.0 Å². The Morgan fingerprint density at radius 1 is 1.12 bits per heavy atom. The van der Waals surface area contributed by atoms with E-state index in [9.17, 15) is 4.79 Å². The SMILES string of the molecule is C=CC(=O)Nc1cc(Nc2ncc(F)c(-c3cc(F)c4nc(C)n(C(C)C)c4c3)n2)c(OC)cc1N1CCNCC1. The molecule has 2 aromatic carbocycles. The predicted molar refractivity (Wildman–Crippen MR) is 156 cm³/mol. The average molecular weight is 563 g/mol. The van der Waals surface area contributed by atoms with Crippen molar-refractivity contribution in [2.45, 2.75) is 26.8 Å². The molecule has 5 rings (SSSR count). The van der Waals surface area contributed by atoms with Gasteiger partial charge in [0.25, 0.3) is 0 Å². The first kappa shape index (κ1) is 28.0. The van der Waals surface area contributed by atoms with Crippen LogP contribution in [0, 0.1) is 18.6 Å². The third-order valence-electron chi connectivity index (χ3n) is 6.92. The number of hydrogen-bond donors (Lipinski definition) is 3. The molecule has 3 N–H and O–H groups in total. The number of piperazine rings is 1. The van der Waals surface area contributed by atoms with Crippen LogP contribution in [0.15, 0.2) is 43.1 Å². The van der Waals surface area contributed by atoms with E-state index >= 15 is 8.78 Å². The van der Waals surface area contributed by atoms with Crippen molar-refractivity contribution in [1.82, 2.24) is 24.8 Å². The number of anilines is 4. The summed E-state index contributed by atoms with van der Waals surface area (Å²) in [4.78, 5) is 27.2. The number of carbonyl (C=O) groups excluding carboxylic acids is 1. The number of imidazole rings is 1. The zero-order chi connectivity index (χ0) is 29.3. The maximum atomic E-state index is 15.1. The second-order valence-electron chi connectivity index (χ2n) is 9.96. The average Bonchev–Trinajstić information content (AvgIpc) is 3.31. The molecule has 0 aliphatic carbocycles. The highest BCUT2D eigenvalue weighted by Crippen LogP contribution is 2.39. The van der Waals surface area contributed by atoms with E-state index in [2.05, 4.69) is 42.4 Å². The molecule has 12 heteroatoms. The molecule has 0 atom stereocenters. The first-order valence-corrected chi connectivity index (χ1v) is 13.3. The van der Waals surface area contributed by atoms with E-state index in [0.29, 0.717) is 28.5 Å². The topological polar surface area (TPSA) is 109 Å². The second-order valence-corrected chi connectivity index (χ2v) is 9.96. The van der Waals surface area contributed by atoms with Gasteiger partial charge in [0.2, 0.25) is 11.9 Å². The van der Waals surface area contributed by atoms with Crippen LogP contribution in [0.3, 0.4) is 0 Å². The van der Waals surface area contributed by atoms with Crippen molar-refractivity contribution in [2.75, 3.05) is 48.8 Å². The third kappa shape index (κ3) is 5.55. The van der Waals surface area contributed by atoms with Gasteiger partial charge in [-0.1, -0.05) is 6.58 Å². The molecule has 1 aliphatic heterocycles. The first-order valence-electron chi connectivity index (χ1n) is 13.3. The van der Waals surface area contributed by atoms with E-state index in [1.54, 1.807) is 19.1 Å². The van der Waals surface area contributed by atoms with E-state index < -0.39 is 11.6 Å². The highest BCUT2D eigenvalue weighted by Gasteiger charge is 2.21. The van der Waals surface area contributed by atoms with Crippen molar-refractivity contribution in [1.29, 1.82) is 0 Å². The molecule has 3 heterocycles. The number of benzene rings is 2. The van der Waals surface area contributed by atoms with Crippen LogP contribution >= 0.6 is 0 Å². The lowest BCUT2D eigenvalue weighted by Crippen LogP contribution is -2.43. The Labute approximate surface area is 236 Å². The summed E-state index contributed by atoms with van der Waals surface area (Å²) < 4.78 is 37.7. The van der Waals surface area contributed by atoms with Crippen molar-refractivity contribution in [2.24, 2.45) is 0 Å². The number of hydrogen-bond acceptors (Lipinski definition) is 8. The molecule has 1 saturated heterocycles. The molecule has 0 bridgehead atoms. The van der Waals surface area contributed by atoms with Crippen LogP contribution in [-0.4, -0.2) is 58.7 Å². The van der Waals surface area contributed by atoms with E-state index in [0.717, 1.165) is 38.1 Å². The Morgan fingerprint density at radius 2 is 1.88 bits per heavy atom. The molecule has 0 radical (unpaired) electrons. The van der Waals surface area contributed by atoms with Gasteiger partial charge in [0.15, 0.2) is 11.6 Å². The number of halogens is 2. The predicted octanol–water partition coefficient (Wildman–Crippen LogP) is 4.95. The fourth-order valence-electron chi connectivity index (χ4n) is 5.09. The van der Waals surface area contributed by atoms with E-state index in [1.807, 2.05) is 24.5 Å². The Kier molecular flexibility index (Phi) is 7.84. The molecule has 2 aromatic heterocycles. The molecule has 0 saturated carbocycles. The Bertz CT molecular complexity index is 1630. The van der Waals surface area contributed by atoms with Crippen LogP contribution in [0.2, 0.25) is 0 Å². The molecule has 41 heavy (non-hydrogen) atoms. The lowest BCUT2D eigenvalue weighted by Gasteiger charge is -2.31. The summed E-state index contributed by atoms with van der Waals surface area (Å²) in [6.07, 6.45) is 2.22. The Hall–Kier alpha value is -4.58. The summed E-state index contributed by atoms with van der Waals surface area (Å²) in [6, 6.07) is 6.45. The smallest absolute Gasteiger partial charge is 0.247 e. The largest absolute Gasteiger partial charge is 0.494 e. The minimum atomic E-state index is -0.707. The molecule has 214 valence electrons. The van der Waals surface area contributed by atoms with Crippen molar-refractivity contribution in [3.8, 4) is 17.0 Å². The Morgan fingerprint density at radius 3 is 2.56 bits per heavy atom. The van der Waals surface area contributed by atoms with Gasteiger partial charge in [0.1, 0.15) is 22.8 Å². The monoisotopic (exact) mass is 562 g/mol. The van der Waals surface area contributed by atoms with Gasteiger partial charge < -0.3 is 30.2 Å². The van der Waals surface area contributed by atoms with Gasteiger partial charge in [0.05, 0.1) is 35.9 Å². The standard InChI is InChI=1S/C29H32F2N8O2/c1-6-26(40)35-21-13-22(25(41-5)14-23(21)38-9-7-32-8-10-38)36-29-33-15-20(31)27(37-29)18-11-19(30)28-24(12-18)39(16(2)3)17(4)34-28/h6,11-16,32H,1,7-10H2,2-5H3,(H,35,40)(H,33,36,37). The van der Waals surface area contributed by atoms with Crippen LogP contribution in [-0.2, 0) is 4.79 Å². The number of nitrogens with one attached hydrogen (secondary N) is 3. The zero-order valence-corrected chi connectivity index (χ0v) is 23.4. The first-order chi connectivity index (χ1) is 19.7. The molecular weight excluding hydrogens is 530 g/mol. The third-order valence-corrected chi connectivity index (χ3v) is 6.92. The van der Waals surface area contributed by atoms with Crippen molar-refractivity contribution >= 4 is 40.0 Å². The maximum Gasteiger partial charge on any atom is 0.247 e. The number of aryl methyl sites for hydroxylation is 1. The number of fused-ring (bicyclic) bond motifs is 1. The summed E-state index contributed by atoms with van der Waals surface area (Å²) in [6.45, 7) is 12.4. The minimum Gasteiger partial charge on any atom is -0.494 e. The number of ether oxygens (including phenoxy) is 1. The summed E-state index contributed by atoms with van der Waals surface area (Å²) in [5.41, 5.74) is 2.70. The lowest BCUT2D eigenvalue weighted by molar-refractivity contribution is -0.111. The normalized spacial score (nSPS) is 13.5. The molecule has 1 aliphatic rings. The minimum absolute atomic E-state index is 0.0227. The van der Waals surface area contributed by atoms with E-state index in [1.165, 1.54) is 19.3 Å². The van der Waals surface area contributed by atoms with Gasteiger partial charge >= 0.3 is 0 Å². The van der Waals surface area contributed by atoms with Gasteiger partial charge in [-0.2, -0.15) is 0 Å². The highest BCUT2D eigenvalue weighted by molar-refractivity contribution is 6.02. The van der Waals surface area contributed by atoms with E-state index in [-0.39, 0.29) is 34.7 Å². The number of methoxy groups -OCH3 is 1. The number of rotatable bonds is 8. The molecule has 10 nitrogen and oxygen atoms in total. The van der Waals surface area contributed by atoms with Crippen LogP contribution in [0.4, 0.5) is 31.8 Å². The molecular formula is C29H32F2N8O2. The van der Waals surface area contributed by atoms with Crippen LogP contribution in [0.5, 0.6) is 5.75 Å². The van der Waals surface area contributed by atoms with Gasteiger partial charge in [-0.25, -0.2) is 23.7 Å². The highest BCUT2D eigenvalue weighted by atomic mass is 19.1. The zero-order valence-electron chi connectivity index (χ0n) is 23.4. The van der Waals surface area contributed by atoms with Gasteiger partial charge in [-0.15, -0.1) is 0 Å². The lowest BCUT2D eigenvalue weighted by atomic mass is 10.1. The quantitative estimate of drug-likeness (QED) is 0.259. The number of carbonyl (C=O) groups is 1. The second kappa shape index (κ2) is 11.5. The molecule has 0 unspecified atom stereocenters. The van der Waals surface area contributed by atoms with E-state index in [4.69, 9.17) is 4.74 Å². The summed E-state index contributed by atoms with van der Waals surface area (Å²) in [5.74, 6) is -0.460. The number of nitrogens with zero attached hydrogens (tertiary/aromatic N) is 5. The van der Waals surface area contributed by atoms with Crippen LogP contribution < -0.4 is 25.6 Å². The van der Waals surface area contributed by atoms with Crippen molar-refractivity contribution in [3.05, 3.63) is 60.6 Å². The molecule has 4 aromatic rings. The van der Waals surface area contributed by atoms with Crippen molar-refractivity contribution in [3.63, 3.8) is 0 Å². The maximum absolute atomic E-state index is 15.1. The fourth-order valence-corrected chi connectivity index (χ4v) is 5.09. The fraction of sp³-hybridized carbons (Fsp3) is 0.310. The number of aromatic nitrogens is 4. The van der Waals surface area contributed by atoms with Crippen molar-refractivity contribution < 1.29 is 18.3 Å². The molecule has 1 amide bonds. The summed E-state index contributed by atoms with van der Waals surface area (Å²) >= 11 is 0. The molecule has 1 fully saturated rings. The van der Waals surface area contributed by atoms with Gasteiger partial charge in [0, 0.05) is 43.9 Å². The summed E-state index contributed by atoms with van der Waals surface area (Å²) in [7, 11) is 1.53. The Balaban J connectivity index is 1.55. The van der Waals surface area contributed by atoms with Crippen LogP contribution in [0.25, 0.3) is 22.3 Å². The van der Waals surface area contributed by atoms with Crippen LogP contribution in [0.1, 0.15) is 25.7 Å². The number of amides is 1. The molecule has 0 spiro atoms.